The molecular weight excluding hydrogens is 1050 g/mol. The Balaban J connectivity index is 2.64. The van der Waals surface area contributed by atoms with Crippen molar-refractivity contribution in [2.75, 3.05) is 13.2 Å². The van der Waals surface area contributed by atoms with Crippen molar-refractivity contribution in [1.29, 1.82) is 0 Å². The van der Waals surface area contributed by atoms with Crippen molar-refractivity contribution in [3.63, 3.8) is 0 Å². The van der Waals surface area contributed by atoms with Crippen molar-refractivity contribution in [3.8, 4) is 0 Å². The molecule has 0 aromatic heterocycles. The molecule has 11 nitrogen and oxygen atoms in total. The average molecular weight is 1180 g/mol. The highest BCUT2D eigenvalue weighted by atomic mass is 16.7. The Morgan fingerprint density at radius 3 is 1.31 bits per heavy atom. The summed E-state index contributed by atoms with van der Waals surface area (Å²) in [6.45, 7) is 5.65. The van der Waals surface area contributed by atoms with Gasteiger partial charge in [-0.1, -0.05) is 271 Å². The molecule has 482 valence electrons. The van der Waals surface area contributed by atoms with Gasteiger partial charge in [0, 0.05) is 6.42 Å². The van der Waals surface area contributed by atoms with Crippen LogP contribution in [-0.2, 0) is 23.8 Å². The third-order valence-corrected chi connectivity index (χ3v) is 15.4. The molecular formula is C73H125NO10. The van der Waals surface area contributed by atoms with Crippen LogP contribution in [0.4, 0.5) is 0 Å². The largest absolute Gasteiger partial charge is 0.454 e. The molecule has 1 aliphatic heterocycles. The van der Waals surface area contributed by atoms with Crippen molar-refractivity contribution in [1.82, 2.24) is 5.32 Å². The summed E-state index contributed by atoms with van der Waals surface area (Å²) in [4.78, 5) is 26.6. The van der Waals surface area contributed by atoms with Gasteiger partial charge < -0.3 is 45.1 Å². The first kappa shape index (κ1) is 78.3. The van der Waals surface area contributed by atoms with Crippen LogP contribution in [0.25, 0.3) is 0 Å². The first-order valence-corrected chi connectivity index (χ1v) is 34.2. The van der Waals surface area contributed by atoms with Gasteiger partial charge in [-0.05, 0) is 109 Å². The van der Waals surface area contributed by atoms with Gasteiger partial charge in [-0.2, -0.15) is 0 Å². The van der Waals surface area contributed by atoms with Crippen LogP contribution in [0.15, 0.2) is 109 Å². The molecule has 1 saturated heterocycles. The second-order valence-electron chi connectivity index (χ2n) is 23.2. The molecule has 1 fully saturated rings. The molecule has 11 heteroatoms. The van der Waals surface area contributed by atoms with Crippen molar-refractivity contribution in [2.24, 2.45) is 0 Å². The molecule has 0 spiro atoms. The molecule has 1 amide bonds. The lowest BCUT2D eigenvalue weighted by Gasteiger charge is -2.41. The predicted molar refractivity (Wildman–Crippen MR) is 351 cm³/mol. The summed E-state index contributed by atoms with van der Waals surface area (Å²) in [5.41, 5.74) is 0. The zero-order valence-electron chi connectivity index (χ0n) is 53.5. The molecule has 0 aromatic carbocycles. The molecule has 0 radical (unpaired) electrons. The number of unbranched alkanes of at least 4 members (excludes halogenated alkanes) is 27. The van der Waals surface area contributed by atoms with Gasteiger partial charge in [0.2, 0.25) is 5.91 Å². The SMILES string of the molecule is CC/C=C\C/C=C\C/C=C\C/C=C\C/C=C\C/C=C\CCCCCCCC(O)C(=O)NC(COC1OC(CO)C(O)C(O)C1OC(=O)CCCCCCCCCCC/C=C\C/C=C\CCCCC)C(O)/C=C/CCCCCCCCCCCC. The maximum atomic E-state index is 13.5. The Kier molecular flexibility index (Phi) is 55.6. The molecule has 0 aliphatic carbocycles. The number of ether oxygens (including phenoxy) is 3. The van der Waals surface area contributed by atoms with E-state index in [0.29, 0.717) is 12.8 Å². The summed E-state index contributed by atoms with van der Waals surface area (Å²) in [5, 5.41) is 57.2. The number of hydrogen-bond acceptors (Lipinski definition) is 10. The van der Waals surface area contributed by atoms with E-state index >= 15 is 0 Å². The van der Waals surface area contributed by atoms with Gasteiger partial charge in [0.25, 0.3) is 0 Å². The van der Waals surface area contributed by atoms with E-state index in [1.54, 1.807) is 6.08 Å². The van der Waals surface area contributed by atoms with Crippen LogP contribution in [-0.4, -0.2) is 99.6 Å². The summed E-state index contributed by atoms with van der Waals surface area (Å²) in [5.74, 6) is -1.22. The second-order valence-corrected chi connectivity index (χ2v) is 23.2. The molecule has 6 N–H and O–H groups in total. The first-order chi connectivity index (χ1) is 41.2. The minimum Gasteiger partial charge on any atom is -0.454 e. The lowest BCUT2D eigenvalue weighted by Crippen LogP contribution is -2.61. The zero-order chi connectivity index (χ0) is 61.0. The molecule has 0 aromatic rings. The van der Waals surface area contributed by atoms with Gasteiger partial charge in [0.1, 0.15) is 24.4 Å². The number of aliphatic hydroxyl groups is 5. The van der Waals surface area contributed by atoms with E-state index in [1.807, 2.05) is 6.08 Å². The number of aliphatic hydroxyl groups excluding tert-OH is 5. The zero-order valence-corrected chi connectivity index (χ0v) is 53.5. The van der Waals surface area contributed by atoms with Crippen molar-refractivity contribution in [2.45, 2.75) is 327 Å². The molecule has 8 unspecified atom stereocenters. The third-order valence-electron chi connectivity index (χ3n) is 15.4. The molecule has 84 heavy (non-hydrogen) atoms. The number of carbonyl (C=O) groups is 2. The Bertz CT molecular complexity index is 1780. The van der Waals surface area contributed by atoms with E-state index in [9.17, 15) is 35.1 Å². The third kappa shape index (κ3) is 46.5. The lowest BCUT2D eigenvalue weighted by atomic mass is 9.99. The van der Waals surface area contributed by atoms with Crippen molar-refractivity contribution in [3.05, 3.63) is 109 Å². The summed E-state index contributed by atoms with van der Waals surface area (Å²) < 4.78 is 17.7. The minimum atomic E-state index is -1.62. The van der Waals surface area contributed by atoms with Gasteiger partial charge >= 0.3 is 5.97 Å². The average Bonchev–Trinajstić information content (AvgIpc) is 3.54. The molecule has 1 aliphatic rings. The number of nitrogens with one attached hydrogen (secondary N) is 1. The summed E-state index contributed by atoms with van der Waals surface area (Å²) >= 11 is 0. The van der Waals surface area contributed by atoms with E-state index < -0.39 is 67.4 Å². The van der Waals surface area contributed by atoms with Gasteiger partial charge in [0.05, 0.1) is 25.4 Å². The topological polar surface area (TPSA) is 175 Å². The van der Waals surface area contributed by atoms with E-state index in [2.05, 4.69) is 123 Å². The highest BCUT2D eigenvalue weighted by Gasteiger charge is 2.47. The van der Waals surface area contributed by atoms with Crippen molar-refractivity contribution < 1.29 is 49.3 Å². The maximum Gasteiger partial charge on any atom is 0.306 e. The van der Waals surface area contributed by atoms with Gasteiger partial charge in [-0.25, -0.2) is 0 Å². The normalized spacial score (nSPS) is 19.2. The van der Waals surface area contributed by atoms with Gasteiger partial charge in [-0.3, -0.25) is 9.59 Å². The Morgan fingerprint density at radius 2 is 0.857 bits per heavy atom. The fourth-order valence-corrected chi connectivity index (χ4v) is 10.0. The first-order valence-electron chi connectivity index (χ1n) is 34.2. The summed E-state index contributed by atoms with van der Waals surface area (Å²) in [6, 6.07) is -1.04. The lowest BCUT2D eigenvalue weighted by molar-refractivity contribution is -0.305. The highest BCUT2D eigenvalue weighted by molar-refractivity contribution is 5.80. The molecule has 0 bridgehead atoms. The van der Waals surface area contributed by atoms with E-state index in [1.165, 1.54) is 103 Å². The monoisotopic (exact) mass is 1180 g/mol. The molecule has 1 heterocycles. The maximum absolute atomic E-state index is 13.5. The molecule has 0 saturated carbocycles. The van der Waals surface area contributed by atoms with Crippen LogP contribution < -0.4 is 5.32 Å². The van der Waals surface area contributed by atoms with E-state index in [-0.39, 0.29) is 19.4 Å². The van der Waals surface area contributed by atoms with Crippen molar-refractivity contribution >= 4 is 11.9 Å². The fraction of sp³-hybridized carbons (Fsp3) is 0.726. The smallest absolute Gasteiger partial charge is 0.306 e. The van der Waals surface area contributed by atoms with Crippen LogP contribution in [0.1, 0.15) is 278 Å². The van der Waals surface area contributed by atoms with Crippen LogP contribution in [0, 0.1) is 0 Å². The summed E-state index contributed by atoms with van der Waals surface area (Å²) in [7, 11) is 0. The van der Waals surface area contributed by atoms with Crippen LogP contribution >= 0.6 is 0 Å². The standard InChI is InChI=1S/C73H125NO10/c1-4-7-10-13-16-19-22-25-27-29-31-32-33-34-35-37-38-40-42-45-48-51-54-57-60-66(77)72(81)74-64(65(76)59-56-53-50-47-44-24-21-18-15-12-9-6-3)63-82-73-71(70(80)69(79)67(62-75)83-73)84-68(78)61-58-55-52-49-46-43-41-39-36-30-28-26-23-20-17-14-11-8-5-2/h7,10,16-17,19-20,25-28,31-32,34-35,38,40,56,59,64-67,69-71,73,75-77,79-80H,4-6,8-9,11-15,18,21-24,29-30,33,36-37,39,41-55,57-58,60-63H2,1-3H3,(H,74,81)/b10-7-,19-16-,20-17-,27-25-,28-26-,32-31-,35-34-,40-38-,59-56+. The van der Waals surface area contributed by atoms with Crippen LogP contribution in [0.3, 0.4) is 0 Å². The highest BCUT2D eigenvalue weighted by Crippen LogP contribution is 2.26. The van der Waals surface area contributed by atoms with Gasteiger partial charge in [-0.15, -0.1) is 0 Å². The Morgan fingerprint density at radius 1 is 0.476 bits per heavy atom. The molecule has 8 atom stereocenters. The number of rotatable bonds is 57. The Labute approximate surface area is 513 Å². The van der Waals surface area contributed by atoms with Crippen LogP contribution in [0.2, 0.25) is 0 Å². The number of esters is 1. The fourth-order valence-electron chi connectivity index (χ4n) is 10.0. The quantitative estimate of drug-likeness (QED) is 0.0195. The number of allylic oxidation sites excluding steroid dienone is 17. The number of carbonyl (C=O) groups excluding carboxylic acids is 2. The predicted octanol–water partition coefficient (Wildman–Crippen LogP) is 17.2. The number of hydrogen-bond donors (Lipinski definition) is 6. The van der Waals surface area contributed by atoms with E-state index in [4.69, 9.17) is 14.2 Å². The minimum absolute atomic E-state index is 0.112. The van der Waals surface area contributed by atoms with Gasteiger partial charge in [0.15, 0.2) is 12.4 Å². The van der Waals surface area contributed by atoms with E-state index in [0.717, 1.165) is 128 Å². The Hall–Kier alpha value is -3.68. The molecule has 1 rings (SSSR count). The van der Waals surface area contributed by atoms with Crippen LogP contribution in [0.5, 0.6) is 0 Å². The summed E-state index contributed by atoms with van der Waals surface area (Å²) in [6.07, 6.45) is 71.1. The number of amides is 1. The second kappa shape index (κ2) is 59.6.